The molecule has 0 saturated heterocycles. The van der Waals surface area contributed by atoms with E-state index in [1.54, 1.807) is 19.1 Å². The third-order valence-corrected chi connectivity index (χ3v) is 5.31. The summed E-state index contributed by atoms with van der Waals surface area (Å²) in [6, 6.07) is 9.07. The van der Waals surface area contributed by atoms with Crippen LogP contribution < -0.4 is 16.0 Å². The van der Waals surface area contributed by atoms with E-state index in [4.69, 9.17) is 9.47 Å². The molecule has 0 unspecified atom stereocenters. The quantitative estimate of drug-likeness (QED) is 0.228. The summed E-state index contributed by atoms with van der Waals surface area (Å²) < 4.78 is 9.87. The smallest absolute Gasteiger partial charge is 0.407 e. The van der Waals surface area contributed by atoms with Gasteiger partial charge in [-0.2, -0.15) is 0 Å². The third-order valence-electron chi connectivity index (χ3n) is 5.31. The molecule has 0 atom stereocenters. The summed E-state index contributed by atoms with van der Waals surface area (Å²) in [5, 5.41) is 7.30. The van der Waals surface area contributed by atoms with Gasteiger partial charge in [-0.1, -0.05) is 58.0 Å². The van der Waals surface area contributed by atoms with Crippen LogP contribution in [0.25, 0.3) is 0 Å². The highest BCUT2D eigenvalue weighted by Gasteiger charge is 2.22. The number of amides is 5. The Morgan fingerprint density at radius 1 is 0.707 bits per heavy atom. The number of nitrogens with one attached hydrogen (secondary N) is 3. The Bertz CT molecular complexity index is 1020. The van der Waals surface area contributed by atoms with Crippen molar-refractivity contribution in [2.45, 2.75) is 41.2 Å². The van der Waals surface area contributed by atoms with Crippen LogP contribution in [0.3, 0.4) is 0 Å². The average molecular weight is 578 g/mol. The van der Waals surface area contributed by atoms with Crippen LogP contribution in [0.1, 0.15) is 40.2 Å². The maximum absolute atomic E-state index is 12.8. The molecule has 1 rings (SSSR count). The lowest BCUT2D eigenvalue weighted by Crippen LogP contribution is -2.50. The molecule has 0 aliphatic rings. The van der Waals surface area contributed by atoms with Crippen molar-refractivity contribution < 1.29 is 38.2 Å². The first kappa shape index (κ1) is 34.9. The van der Waals surface area contributed by atoms with Crippen LogP contribution >= 0.6 is 0 Å². The molecule has 41 heavy (non-hydrogen) atoms. The summed E-state index contributed by atoms with van der Waals surface area (Å²) in [7, 11) is 0. The summed E-state index contributed by atoms with van der Waals surface area (Å²) in [6.45, 7) is 8.20. The van der Waals surface area contributed by atoms with E-state index in [1.165, 1.54) is 9.80 Å². The molecule has 0 aliphatic heterocycles. The summed E-state index contributed by atoms with van der Waals surface area (Å²) in [6.07, 6.45) is -0.765. The zero-order valence-corrected chi connectivity index (χ0v) is 24.6. The van der Waals surface area contributed by atoms with Gasteiger partial charge < -0.3 is 35.2 Å². The topological polar surface area (TPSA) is 163 Å². The number of rotatable bonds is 17. The zero-order valence-electron chi connectivity index (χ0n) is 24.6. The number of carbonyl (C=O) groups excluding carboxylic acids is 6. The maximum Gasteiger partial charge on any atom is 0.407 e. The van der Waals surface area contributed by atoms with Crippen LogP contribution in [0.4, 0.5) is 4.79 Å². The molecular weight excluding hydrogens is 534 g/mol. The SMILES string of the molecule is CCOC(=O)CNC(=O)CN(CC(C)C)C(=O)CNC(=O)CN(CC(C)C)C(=O)CNC(=O)OCc1ccccc1. The summed E-state index contributed by atoms with van der Waals surface area (Å²) in [5.74, 6) is -2.61. The van der Waals surface area contributed by atoms with Gasteiger partial charge in [-0.25, -0.2) is 4.79 Å². The highest BCUT2D eigenvalue weighted by atomic mass is 16.5. The summed E-state index contributed by atoms with van der Waals surface area (Å²) in [4.78, 5) is 76.5. The molecule has 3 N–H and O–H groups in total. The Morgan fingerprint density at radius 3 is 1.68 bits per heavy atom. The number of benzene rings is 1. The Morgan fingerprint density at radius 2 is 1.20 bits per heavy atom. The van der Waals surface area contributed by atoms with Crippen LogP contribution in [0, 0.1) is 11.8 Å². The molecule has 5 amide bonds. The van der Waals surface area contributed by atoms with E-state index in [-0.39, 0.29) is 70.9 Å². The fraction of sp³-hybridized carbons (Fsp3) is 0.571. The Balaban J connectivity index is 2.60. The number of hydrogen-bond acceptors (Lipinski definition) is 8. The minimum atomic E-state index is -0.765. The van der Waals surface area contributed by atoms with Gasteiger partial charge in [0.1, 0.15) is 19.7 Å². The fourth-order valence-electron chi connectivity index (χ4n) is 3.55. The van der Waals surface area contributed by atoms with E-state index in [0.717, 1.165) is 5.56 Å². The van der Waals surface area contributed by atoms with Gasteiger partial charge in [0.2, 0.25) is 23.6 Å². The van der Waals surface area contributed by atoms with Crippen LogP contribution in [-0.4, -0.2) is 97.9 Å². The molecule has 0 spiro atoms. The molecule has 0 aromatic heterocycles. The van der Waals surface area contributed by atoms with Crippen molar-refractivity contribution in [3.05, 3.63) is 35.9 Å². The number of hydrogen-bond donors (Lipinski definition) is 3. The summed E-state index contributed by atoms with van der Waals surface area (Å²) >= 11 is 0. The van der Waals surface area contributed by atoms with Crippen molar-refractivity contribution in [3.63, 3.8) is 0 Å². The highest BCUT2D eigenvalue weighted by molar-refractivity contribution is 5.91. The second kappa shape index (κ2) is 19.0. The Labute approximate surface area is 241 Å². The van der Waals surface area contributed by atoms with Crippen LogP contribution in [0.15, 0.2) is 30.3 Å². The number of nitrogens with zero attached hydrogens (tertiary/aromatic N) is 2. The lowest BCUT2D eigenvalue weighted by molar-refractivity contribution is -0.144. The van der Waals surface area contributed by atoms with E-state index < -0.39 is 35.7 Å². The Kier molecular flexibility index (Phi) is 16.2. The first-order valence-corrected chi connectivity index (χ1v) is 13.6. The standard InChI is InChI=1S/C28H43N5O8/c1-6-40-27(38)14-30-24(35)18-32(15-20(2)3)25(36)12-29-23(34)17-33(16-21(4)5)26(37)13-31-28(39)41-19-22-10-8-7-9-11-22/h7-11,20-21H,6,12-19H2,1-5H3,(H,29,34)(H,30,35)(H,31,39). The molecule has 0 aliphatic carbocycles. The lowest BCUT2D eigenvalue weighted by Gasteiger charge is -2.26. The monoisotopic (exact) mass is 577 g/mol. The maximum atomic E-state index is 12.8. The van der Waals surface area contributed by atoms with Crippen LogP contribution in [0.5, 0.6) is 0 Å². The van der Waals surface area contributed by atoms with Crippen molar-refractivity contribution >= 4 is 35.7 Å². The van der Waals surface area contributed by atoms with Crippen LogP contribution in [0.2, 0.25) is 0 Å². The number of alkyl carbamates (subject to hydrolysis) is 1. The fourth-order valence-corrected chi connectivity index (χ4v) is 3.55. The first-order chi connectivity index (χ1) is 19.4. The molecule has 1 aromatic rings. The average Bonchev–Trinajstić information content (AvgIpc) is 2.91. The van der Waals surface area contributed by atoms with Crippen LogP contribution in [-0.2, 0) is 40.1 Å². The van der Waals surface area contributed by atoms with Gasteiger partial charge in [-0.3, -0.25) is 24.0 Å². The van der Waals surface area contributed by atoms with Gasteiger partial charge in [0, 0.05) is 13.1 Å². The molecular formula is C28H43N5O8. The van der Waals surface area contributed by atoms with Gasteiger partial charge in [-0.15, -0.1) is 0 Å². The molecule has 0 radical (unpaired) electrons. The molecule has 228 valence electrons. The van der Waals surface area contributed by atoms with Gasteiger partial charge in [0.15, 0.2) is 0 Å². The minimum absolute atomic E-state index is 0.0352. The normalized spacial score (nSPS) is 10.5. The Hall–Kier alpha value is -4.16. The summed E-state index contributed by atoms with van der Waals surface area (Å²) in [5.41, 5.74) is 0.797. The largest absolute Gasteiger partial charge is 0.465 e. The van der Waals surface area contributed by atoms with Gasteiger partial charge >= 0.3 is 12.1 Å². The molecule has 0 heterocycles. The second-order valence-corrected chi connectivity index (χ2v) is 10.1. The van der Waals surface area contributed by atoms with Gasteiger partial charge in [0.25, 0.3) is 0 Å². The van der Waals surface area contributed by atoms with E-state index in [0.29, 0.717) is 0 Å². The zero-order chi connectivity index (χ0) is 30.8. The van der Waals surface area contributed by atoms with Crippen molar-refractivity contribution in [1.82, 2.24) is 25.8 Å². The molecule has 1 aromatic carbocycles. The van der Waals surface area contributed by atoms with Crippen molar-refractivity contribution in [3.8, 4) is 0 Å². The first-order valence-electron chi connectivity index (χ1n) is 13.6. The van der Waals surface area contributed by atoms with Crippen molar-refractivity contribution in [1.29, 1.82) is 0 Å². The molecule has 13 heteroatoms. The minimum Gasteiger partial charge on any atom is -0.465 e. The number of ether oxygens (including phenoxy) is 2. The lowest BCUT2D eigenvalue weighted by atomic mass is 10.2. The molecule has 0 fully saturated rings. The molecule has 13 nitrogen and oxygen atoms in total. The predicted octanol–water partition coefficient (Wildman–Crippen LogP) is 0.678. The van der Waals surface area contributed by atoms with E-state index in [9.17, 15) is 28.8 Å². The van der Waals surface area contributed by atoms with E-state index >= 15 is 0 Å². The highest BCUT2D eigenvalue weighted by Crippen LogP contribution is 2.03. The number of esters is 1. The predicted molar refractivity (Wildman–Crippen MR) is 150 cm³/mol. The van der Waals surface area contributed by atoms with Crippen molar-refractivity contribution in [2.75, 3.05) is 52.4 Å². The van der Waals surface area contributed by atoms with Gasteiger partial charge in [0.05, 0.1) is 26.2 Å². The van der Waals surface area contributed by atoms with E-state index in [1.807, 2.05) is 45.9 Å². The molecule has 0 saturated carbocycles. The molecule has 0 bridgehead atoms. The van der Waals surface area contributed by atoms with E-state index in [2.05, 4.69) is 16.0 Å². The van der Waals surface area contributed by atoms with Gasteiger partial charge in [-0.05, 0) is 24.3 Å². The third kappa shape index (κ3) is 15.9. The number of carbonyl (C=O) groups is 6. The van der Waals surface area contributed by atoms with Crippen molar-refractivity contribution in [2.24, 2.45) is 11.8 Å². The second-order valence-electron chi connectivity index (χ2n) is 10.1.